The number of fused-ring (bicyclic) bond motifs is 2. The van der Waals surface area contributed by atoms with E-state index in [-0.39, 0.29) is 39.8 Å². The molecule has 2 aliphatic rings. The lowest BCUT2D eigenvalue weighted by Gasteiger charge is -2.33. The zero-order chi connectivity index (χ0) is 24.0. The van der Waals surface area contributed by atoms with Crippen LogP contribution in [-0.2, 0) is 6.18 Å². The molecule has 1 amide bonds. The number of hydrogen-bond acceptors (Lipinski definition) is 5. The van der Waals surface area contributed by atoms with Crippen LogP contribution in [0.3, 0.4) is 0 Å². The van der Waals surface area contributed by atoms with E-state index in [0.717, 1.165) is 6.07 Å². The van der Waals surface area contributed by atoms with Crippen molar-refractivity contribution in [3.63, 3.8) is 0 Å². The summed E-state index contributed by atoms with van der Waals surface area (Å²) in [6.07, 6.45) is -0.232. The fraction of sp³-hybridized carbons (Fsp3) is 0.304. The summed E-state index contributed by atoms with van der Waals surface area (Å²) in [7, 11) is 0. The molecule has 2 aromatic heterocycles. The van der Waals surface area contributed by atoms with E-state index in [1.165, 1.54) is 30.6 Å². The molecule has 1 aromatic carbocycles. The minimum absolute atomic E-state index is 0.0146. The Balaban J connectivity index is 1.40. The van der Waals surface area contributed by atoms with E-state index in [4.69, 9.17) is 16.3 Å². The van der Waals surface area contributed by atoms with E-state index in [1.54, 1.807) is 11.0 Å². The predicted octanol–water partition coefficient (Wildman–Crippen LogP) is 5.03. The lowest BCUT2D eigenvalue weighted by atomic mass is 10.0. The molecule has 1 saturated heterocycles. The number of alkyl halides is 3. The normalized spacial score (nSPS) is 21.7. The maximum Gasteiger partial charge on any atom is 0.417 e. The summed E-state index contributed by atoms with van der Waals surface area (Å²) < 4.78 is 59.3. The molecular weight excluding hydrogens is 476 g/mol. The molecule has 0 spiro atoms. The molecule has 0 N–H and O–H groups in total. The topological polar surface area (TPSA) is 68.2 Å². The van der Waals surface area contributed by atoms with Gasteiger partial charge < -0.3 is 9.64 Å². The molecule has 6 nitrogen and oxygen atoms in total. The highest BCUT2D eigenvalue weighted by Crippen LogP contribution is 2.42. The van der Waals surface area contributed by atoms with Gasteiger partial charge in [-0.2, -0.15) is 13.2 Å². The molecule has 2 fully saturated rings. The molecule has 2 bridgehead atoms. The Labute approximate surface area is 196 Å². The van der Waals surface area contributed by atoms with Gasteiger partial charge in [0.2, 0.25) is 5.88 Å². The van der Waals surface area contributed by atoms with Gasteiger partial charge in [0, 0.05) is 25.1 Å². The van der Waals surface area contributed by atoms with Gasteiger partial charge in [-0.1, -0.05) is 17.7 Å². The highest BCUT2D eigenvalue weighted by Gasteiger charge is 2.49. The van der Waals surface area contributed by atoms with Crippen molar-refractivity contribution >= 4 is 17.5 Å². The number of amides is 1. The number of aromatic nitrogens is 3. The van der Waals surface area contributed by atoms with Crippen molar-refractivity contribution in [3.05, 3.63) is 70.9 Å². The van der Waals surface area contributed by atoms with Crippen molar-refractivity contribution in [1.82, 2.24) is 19.9 Å². The van der Waals surface area contributed by atoms with E-state index in [1.807, 2.05) is 0 Å². The van der Waals surface area contributed by atoms with Crippen LogP contribution in [0, 0.1) is 11.7 Å². The van der Waals surface area contributed by atoms with Gasteiger partial charge in [0.05, 0.1) is 22.7 Å². The average molecular weight is 493 g/mol. The molecule has 0 radical (unpaired) electrons. The molecule has 1 aliphatic carbocycles. The van der Waals surface area contributed by atoms with Gasteiger partial charge in [-0.25, -0.2) is 19.3 Å². The van der Waals surface area contributed by atoms with Gasteiger partial charge in [0.25, 0.3) is 5.91 Å². The number of piperidine rings is 1. The van der Waals surface area contributed by atoms with Crippen LogP contribution in [0.25, 0.3) is 11.4 Å². The van der Waals surface area contributed by atoms with Crippen molar-refractivity contribution < 1.29 is 27.1 Å². The molecule has 3 unspecified atom stereocenters. The Bertz CT molecular complexity index is 1240. The van der Waals surface area contributed by atoms with Gasteiger partial charge in [0.1, 0.15) is 16.9 Å². The first-order valence-corrected chi connectivity index (χ1v) is 10.9. The maximum atomic E-state index is 14.7. The smallest absolute Gasteiger partial charge is 0.417 e. The summed E-state index contributed by atoms with van der Waals surface area (Å²) in [5.74, 6) is -0.896. The third kappa shape index (κ3) is 4.06. The number of carbonyl (C=O) groups excluding carboxylic acids is 1. The predicted molar refractivity (Wildman–Crippen MR) is 114 cm³/mol. The Morgan fingerprint density at radius 1 is 1.12 bits per heavy atom. The molecule has 3 heterocycles. The minimum Gasteiger partial charge on any atom is -0.471 e. The number of pyridine rings is 1. The highest BCUT2D eigenvalue weighted by molar-refractivity contribution is 6.31. The molecule has 1 saturated carbocycles. The number of halogens is 5. The molecule has 1 aliphatic heterocycles. The molecular formula is C23H17ClF4N4O2. The highest BCUT2D eigenvalue weighted by atomic mass is 35.5. The lowest BCUT2D eigenvalue weighted by Crippen LogP contribution is -2.47. The molecule has 3 aromatic rings. The third-order valence-corrected chi connectivity index (χ3v) is 6.39. The van der Waals surface area contributed by atoms with Crippen LogP contribution < -0.4 is 4.74 Å². The zero-order valence-electron chi connectivity index (χ0n) is 17.5. The van der Waals surface area contributed by atoms with Crippen molar-refractivity contribution in [2.24, 2.45) is 5.92 Å². The summed E-state index contributed by atoms with van der Waals surface area (Å²) in [5, 5.41) is -0.260. The van der Waals surface area contributed by atoms with E-state index in [2.05, 4.69) is 15.0 Å². The summed E-state index contributed by atoms with van der Waals surface area (Å²) in [5.41, 5.74) is -0.833. The standard InChI is InChI=1S/C23H17ClF4N4O2/c24-15-9-13(23(26,27)28)10-31-21(15)34-18-8-12-7-17(18)32(11-12)22(33)14-3-1-4-16(25)19(14)20-29-5-2-6-30-20/h1-6,9-10,12,17-18H,7-8,11H2. The SMILES string of the molecule is O=C(c1cccc(F)c1-c1ncccn1)N1CC2CC(Oc3ncc(C(F)(F)F)cc3Cl)C1C2. The lowest BCUT2D eigenvalue weighted by molar-refractivity contribution is -0.137. The number of ether oxygens (including phenoxy) is 1. The summed E-state index contributed by atoms with van der Waals surface area (Å²) in [4.78, 5) is 27.0. The molecule has 176 valence electrons. The second kappa shape index (κ2) is 8.50. The first-order chi connectivity index (χ1) is 16.2. The Morgan fingerprint density at radius 3 is 2.56 bits per heavy atom. The second-order valence-electron chi connectivity index (χ2n) is 8.26. The Morgan fingerprint density at radius 2 is 1.88 bits per heavy atom. The largest absolute Gasteiger partial charge is 0.471 e. The van der Waals surface area contributed by atoms with Gasteiger partial charge in [0.15, 0.2) is 5.82 Å². The number of likely N-dealkylation sites (tertiary alicyclic amines) is 1. The van der Waals surface area contributed by atoms with Crippen LogP contribution in [0.1, 0.15) is 28.8 Å². The number of benzene rings is 1. The number of rotatable bonds is 4. The van der Waals surface area contributed by atoms with Gasteiger partial charge in [-0.05, 0) is 43.0 Å². The van der Waals surface area contributed by atoms with Crippen LogP contribution in [0.2, 0.25) is 5.02 Å². The number of hydrogen-bond donors (Lipinski definition) is 0. The number of nitrogens with zero attached hydrogens (tertiary/aromatic N) is 4. The van der Waals surface area contributed by atoms with Crippen molar-refractivity contribution in [1.29, 1.82) is 0 Å². The van der Waals surface area contributed by atoms with Crippen molar-refractivity contribution in [2.75, 3.05) is 6.54 Å². The molecule has 11 heteroatoms. The quantitative estimate of drug-likeness (QED) is 0.478. The molecule has 3 atom stereocenters. The molecule has 5 rings (SSSR count). The van der Waals surface area contributed by atoms with Crippen LogP contribution in [0.4, 0.5) is 17.6 Å². The zero-order valence-corrected chi connectivity index (χ0v) is 18.2. The fourth-order valence-electron chi connectivity index (χ4n) is 4.65. The summed E-state index contributed by atoms with van der Waals surface area (Å²) in [6, 6.07) is 6.21. The van der Waals surface area contributed by atoms with E-state index in [9.17, 15) is 22.4 Å². The van der Waals surface area contributed by atoms with Gasteiger partial charge in [-0.3, -0.25) is 4.79 Å². The summed E-state index contributed by atoms with van der Waals surface area (Å²) in [6.45, 7) is 0.461. The van der Waals surface area contributed by atoms with Crippen LogP contribution in [0.5, 0.6) is 5.88 Å². The number of carbonyl (C=O) groups is 1. The fourth-order valence-corrected chi connectivity index (χ4v) is 4.86. The van der Waals surface area contributed by atoms with Crippen LogP contribution in [-0.4, -0.2) is 44.4 Å². The van der Waals surface area contributed by atoms with Crippen LogP contribution in [0.15, 0.2) is 48.9 Å². The van der Waals surface area contributed by atoms with E-state index in [0.29, 0.717) is 25.6 Å². The Kier molecular flexibility index (Phi) is 5.63. The van der Waals surface area contributed by atoms with Crippen molar-refractivity contribution in [3.8, 4) is 17.3 Å². The average Bonchev–Trinajstić information content (AvgIpc) is 3.40. The maximum absolute atomic E-state index is 14.7. The van der Waals surface area contributed by atoms with Crippen molar-refractivity contribution in [2.45, 2.75) is 31.2 Å². The summed E-state index contributed by atoms with van der Waals surface area (Å²) >= 11 is 5.99. The second-order valence-corrected chi connectivity index (χ2v) is 8.67. The van der Waals surface area contributed by atoms with Crippen LogP contribution >= 0.6 is 11.6 Å². The molecule has 34 heavy (non-hydrogen) atoms. The first-order valence-electron chi connectivity index (χ1n) is 10.5. The van der Waals surface area contributed by atoms with Gasteiger partial charge >= 0.3 is 6.18 Å². The first kappa shape index (κ1) is 22.5. The third-order valence-electron chi connectivity index (χ3n) is 6.12. The van der Waals surface area contributed by atoms with E-state index >= 15 is 0 Å². The minimum atomic E-state index is -4.57. The van der Waals surface area contributed by atoms with Gasteiger partial charge in [-0.15, -0.1) is 0 Å². The Hall–Kier alpha value is -3.27. The van der Waals surface area contributed by atoms with E-state index < -0.39 is 29.6 Å². The monoisotopic (exact) mass is 492 g/mol.